The molecule has 1 unspecified atom stereocenters. The van der Waals surface area contributed by atoms with Crippen LogP contribution in [0.2, 0.25) is 0 Å². The van der Waals surface area contributed by atoms with Crippen LogP contribution in [0.3, 0.4) is 0 Å². The second-order valence-electron chi connectivity index (χ2n) is 6.62. The lowest BCUT2D eigenvalue weighted by molar-refractivity contribution is -0.119. The zero-order valence-electron chi connectivity index (χ0n) is 14.4. The number of unbranched alkanes of at least 4 members (excludes halogenated alkanes) is 1. The summed E-state index contributed by atoms with van der Waals surface area (Å²) in [5, 5.41) is 0. The highest BCUT2D eigenvalue weighted by atomic mass is 16.7. The van der Waals surface area contributed by atoms with Gasteiger partial charge in [0, 0.05) is 24.3 Å². The number of para-hydroxylation sites is 1. The van der Waals surface area contributed by atoms with E-state index in [0.717, 1.165) is 46.8 Å². The Morgan fingerprint density at radius 2 is 1.92 bits per heavy atom. The SMILES string of the molecule is CCCCOc1ccccc1C1CC(=O)Cc2cc3c(cc21)OCO3. The second-order valence-corrected chi connectivity index (χ2v) is 6.62. The van der Waals surface area contributed by atoms with Crippen molar-refractivity contribution in [3.8, 4) is 17.2 Å². The van der Waals surface area contributed by atoms with E-state index in [1.54, 1.807) is 0 Å². The Bertz CT molecular complexity index is 796. The fourth-order valence-electron chi connectivity index (χ4n) is 3.60. The number of rotatable bonds is 5. The molecule has 0 amide bonds. The van der Waals surface area contributed by atoms with Gasteiger partial charge in [-0.05, 0) is 35.7 Å². The largest absolute Gasteiger partial charge is 0.493 e. The lowest BCUT2D eigenvalue weighted by Gasteiger charge is -2.27. The van der Waals surface area contributed by atoms with Crippen LogP contribution in [-0.4, -0.2) is 19.2 Å². The maximum atomic E-state index is 12.4. The molecule has 0 saturated heterocycles. The van der Waals surface area contributed by atoms with E-state index in [4.69, 9.17) is 14.2 Å². The normalized spacial score (nSPS) is 18.1. The van der Waals surface area contributed by atoms with E-state index >= 15 is 0 Å². The average Bonchev–Trinajstić information content (AvgIpc) is 3.07. The van der Waals surface area contributed by atoms with Gasteiger partial charge in [0.05, 0.1) is 6.61 Å². The Morgan fingerprint density at radius 1 is 1.12 bits per heavy atom. The van der Waals surface area contributed by atoms with Gasteiger partial charge in [-0.1, -0.05) is 31.5 Å². The fourth-order valence-corrected chi connectivity index (χ4v) is 3.60. The third-order valence-corrected chi connectivity index (χ3v) is 4.88. The first-order chi connectivity index (χ1) is 12.3. The Morgan fingerprint density at radius 3 is 2.76 bits per heavy atom. The predicted octanol–water partition coefficient (Wildman–Crippen LogP) is 4.24. The second kappa shape index (κ2) is 6.79. The summed E-state index contributed by atoms with van der Waals surface area (Å²) in [6, 6.07) is 12.1. The molecule has 25 heavy (non-hydrogen) atoms. The molecule has 130 valence electrons. The first-order valence-electron chi connectivity index (χ1n) is 8.92. The van der Waals surface area contributed by atoms with Gasteiger partial charge < -0.3 is 14.2 Å². The molecule has 0 radical (unpaired) electrons. The minimum Gasteiger partial charge on any atom is -0.493 e. The Kier molecular flexibility index (Phi) is 4.35. The van der Waals surface area contributed by atoms with Crippen molar-refractivity contribution >= 4 is 5.78 Å². The number of ketones is 1. The third-order valence-electron chi connectivity index (χ3n) is 4.88. The maximum Gasteiger partial charge on any atom is 0.231 e. The van der Waals surface area contributed by atoms with Crippen LogP contribution in [-0.2, 0) is 11.2 Å². The summed E-state index contributed by atoms with van der Waals surface area (Å²) in [5.41, 5.74) is 3.26. The Labute approximate surface area is 147 Å². The topological polar surface area (TPSA) is 44.8 Å². The molecule has 1 atom stereocenters. The number of hydrogen-bond donors (Lipinski definition) is 0. The molecule has 1 heterocycles. The summed E-state index contributed by atoms with van der Waals surface area (Å²) in [5.74, 6) is 2.63. The minimum atomic E-state index is 0.00331. The molecule has 0 bridgehead atoms. The zero-order chi connectivity index (χ0) is 17.2. The summed E-state index contributed by atoms with van der Waals surface area (Å²) >= 11 is 0. The van der Waals surface area contributed by atoms with Crippen LogP contribution in [0.1, 0.15) is 48.8 Å². The average molecular weight is 338 g/mol. The van der Waals surface area contributed by atoms with Crippen molar-refractivity contribution in [2.75, 3.05) is 13.4 Å². The first kappa shape index (κ1) is 16.0. The number of benzene rings is 2. The first-order valence-corrected chi connectivity index (χ1v) is 8.92. The number of carbonyl (C=O) groups excluding carboxylic acids is 1. The van der Waals surface area contributed by atoms with Crippen molar-refractivity contribution in [3.63, 3.8) is 0 Å². The van der Waals surface area contributed by atoms with E-state index in [2.05, 4.69) is 13.0 Å². The summed E-state index contributed by atoms with van der Waals surface area (Å²) < 4.78 is 17.0. The van der Waals surface area contributed by atoms with Crippen LogP contribution >= 0.6 is 0 Å². The number of fused-ring (bicyclic) bond motifs is 2. The van der Waals surface area contributed by atoms with Crippen LogP contribution in [0.25, 0.3) is 0 Å². The summed E-state index contributed by atoms with van der Waals surface area (Å²) in [6.45, 7) is 3.09. The number of Topliss-reactive ketones (excluding diaryl/α,β-unsaturated/α-hetero) is 1. The smallest absolute Gasteiger partial charge is 0.231 e. The van der Waals surface area contributed by atoms with Crippen LogP contribution in [0, 0.1) is 0 Å². The zero-order valence-corrected chi connectivity index (χ0v) is 14.4. The molecule has 0 aromatic heterocycles. The summed E-state index contributed by atoms with van der Waals surface area (Å²) in [7, 11) is 0. The highest BCUT2D eigenvalue weighted by molar-refractivity contribution is 5.85. The summed E-state index contributed by atoms with van der Waals surface area (Å²) in [6.07, 6.45) is 3.08. The molecular weight excluding hydrogens is 316 g/mol. The maximum absolute atomic E-state index is 12.4. The molecule has 4 heteroatoms. The molecule has 4 nitrogen and oxygen atoms in total. The van der Waals surface area contributed by atoms with E-state index in [1.807, 2.05) is 30.3 Å². The van der Waals surface area contributed by atoms with Gasteiger partial charge in [0.1, 0.15) is 11.5 Å². The van der Waals surface area contributed by atoms with Gasteiger partial charge in [-0.25, -0.2) is 0 Å². The molecule has 0 spiro atoms. The van der Waals surface area contributed by atoms with Gasteiger partial charge in [-0.2, -0.15) is 0 Å². The molecule has 0 fully saturated rings. The van der Waals surface area contributed by atoms with Gasteiger partial charge in [-0.3, -0.25) is 4.79 Å². The number of hydrogen-bond acceptors (Lipinski definition) is 4. The van der Waals surface area contributed by atoms with Crippen LogP contribution in [0.4, 0.5) is 0 Å². The standard InChI is InChI=1S/C21H22O4/c1-2-3-8-23-19-7-5-4-6-16(19)18-11-15(22)9-14-10-20-21(12-17(14)18)25-13-24-20/h4-7,10,12,18H,2-3,8-9,11,13H2,1H3. The Hall–Kier alpha value is -2.49. The molecule has 1 aliphatic carbocycles. The number of ether oxygens (including phenoxy) is 3. The van der Waals surface area contributed by atoms with Crippen LogP contribution < -0.4 is 14.2 Å². The molecular formula is C21H22O4. The van der Waals surface area contributed by atoms with Crippen molar-refractivity contribution in [2.45, 2.75) is 38.5 Å². The van der Waals surface area contributed by atoms with Gasteiger partial charge in [0.25, 0.3) is 0 Å². The summed E-state index contributed by atoms with van der Waals surface area (Å²) in [4.78, 5) is 12.4. The van der Waals surface area contributed by atoms with Crippen molar-refractivity contribution in [1.29, 1.82) is 0 Å². The van der Waals surface area contributed by atoms with Crippen molar-refractivity contribution in [1.82, 2.24) is 0 Å². The van der Waals surface area contributed by atoms with Crippen molar-refractivity contribution in [2.24, 2.45) is 0 Å². The van der Waals surface area contributed by atoms with Gasteiger partial charge in [0.15, 0.2) is 11.5 Å². The Balaban J connectivity index is 1.73. The van der Waals surface area contributed by atoms with Gasteiger partial charge in [0.2, 0.25) is 6.79 Å². The monoisotopic (exact) mass is 338 g/mol. The van der Waals surface area contributed by atoms with Gasteiger partial charge >= 0.3 is 0 Å². The minimum absolute atomic E-state index is 0.00331. The highest BCUT2D eigenvalue weighted by Gasteiger charge is 2.31. The van der Waals surface area contributed by atoms with Crippen molar-refractivity contribution in [3.05, 3.63) is 53.1 Å². The molecule has 4 rings (SSSR count). The van der Waals surface area contributed by atoms with E-state index < -0.39 is 0 Å². The lowest BCUT2D eigenvalue weighted by atomic mass is 9.78. The van der Waals surface area contributed by atoms with E-state index in [1.165, 1.54) is 0 Å². The van der Waals surface area contributed by atoms with E-state index in [0.29, 0.717) is 19.4 Å². The molecule has 0 saturated carbocycles. The van der Waals surface area contributed by atoms with Crippen LogP contribution in [0.5, 0.6) is 17.2 Å². The number of carbonyl (C=O) groups is 1. The fraction of sp³-hybridized carbons (Fsp3) is 0.381. The van der Waals surface area contributed by atoms with Crippen molar-refractivity contribution < 1.29 is 19.0 Å². The highest BCUT2D eigenvalue weighted by Crippen LogP contribution is 2.44. The predicted molar refractivity (Wildman–Crippen MR) is 94.6 cm³/mol. The lowest BCUT2D eigenvalue weighted by Crippen LogP contribution is -2.20. The molecule has 1 aliphatic heterocycles. The van der Waals surface area contributed by atoms with E-state index in [9.17, 15) is 4.79 Å². The quantitative estimate of drug-likeness (QED) is 0.765. The molecule has 2 aliphatic rings. The third kappa shape index (κ3) is 3.09. The van der Waals surface area contributed by atoms with Crippen LogP contribution in [0.15, 0.2) is 36.4 Å². The molecule has 0 N–H and O–H groups in total. The molecule has 2 aromatic carbocycles. The van der Waals surface area contributed by atoms with Gasteiger partial charge in [-0.15, -0.1) is 0 Å². The molecule has 2 aromatic rings. The van der Waals surface area contributed by atoms with E-state index in [-0.39, 0.29) is 18.5 Å².